The van der Waals surface area contributed by atoms with Crippen molar-refractivity contribution in [3.05, 3.63) is 59.8 Å². The molecule has 0 spiro atoms. The maximum absolute atomic E-state index is 12.0. The van der Waals surface area contributed by atoms with Gasteiger partial charge in [-0.3, -0.25) is 4.68 Å². The standard InChI is InChI=1S/C21H23N7O2S/c1-13-5-6-15(11-19(13)31(22,29)30)24-21-23-10-9-20(25-21)27(3)16-7-8-17-14(2)28(4)26-18(17)12-16/h5-12H,1-4H3,(H2,22,29,30)(H,23,24,25)/i1D3,2D3,7D,8D,12D. The maximum Gasteiger partial charge on any atom is 0.238 e. The molecule has 0 unspecified atom stereocenters. The molecule has 0 radical (unpaired) electrons. The van der Waals surface area contributed by atoms with Gasteiger partial charge in [-0.25, -0.2) is 18.5 Å². The zero-order valence-corrected chi connectivity index (χ0v) is 17.2. The molecule has 2 heterocycles. The fraction of sp³-hybridized carbons (Fsp3) is 0.190. The van der Waals surface area contributed by atoms with Gasteiger partial charge < -0.3 is 10.2 Å². The summed E-state index contributed by atoms with van der Waals surface area (Å²) in [7, 11) is -1.51. The Morgan fingerprint density at radius 3 is 2.84 bits per heavy atom. The molecule has 0 bridgehead atoms. The zero-order valence-electron chi connectivity index (χ0n) is 25.4. The Morgan fingerprint density at radius 2 is 2.10 bits per heavy atom. The normalized spacial score (nSPS) is 16.7. The van der Waals surface area contributed by atoms with Crippen molar-refractivity contribution in [3.8, 4) is 0 Å². The molecular weight excluding hydrogens is 414 g/mol. The number of primary sulfonamides is 1. The number of benzene rings is 2. The molecule has 0 aliphatic heterocycles. The molecule has 0 saturated heterocycles. The first-order valence-corrected chi connectivity index (χ1v) is 10.3. The summed E-state index contributed by atoms with van der Waals surface area (Å²) in [6.07, 6.45) is 1.35. The highest BCUT2D eigenvalue weighted by Crippen LogP contribution is 2.28. The molecule has 0 fully saturated rings. The third-order valence-corrected chi connectivity index (χ3v) is 5.40. The molecule has 0 aliphatic carbocycles. The summed E-state index contributed by atoms with van der Waals surface area (Å²) < 4.78 is 97.0. The summed E-state index contributed by atoms with van der Waals surface area (Å²) >= 11 is 0. The molecule has 3 N–H and O–H groups in total. The van der Waals surface area contributed by atoms with Crippen LogP contribution < -0.4 is 15.4 Å². The first-order valence-electron chi connectivity index (χ1n) is 13.3. The number of hydrogen-bond acceptors (Lipinski definition) is 7. The van der Waals surface area contributed by atoms with Crippen LogP contribution in [0.3, 0.4) is 0 Å². The second kappa shape index (κ2) is 7.64. The van der Waals surface area contributed by atoms with Crippen LogP contribution in [0, 0.1) is 13.7 Å². The number of sulfonamides is 1. The van der Waals surface area contributed by atoms with Crippen LogP contribution in [0.25, 0.3) is 10.9 Å². The highest BCUT2D eigenvalue weighted by atomic mass is 32.2. The minimum absolute atomic E-state index is 0.0425. The summed E-state index contributed by atoms with van der Waals surface area (Å²) in [5.74, 6) is 0.120. The molecule has 0 saturated carbocycles. The van der Waals surface area contributed by atoms with E-state index in [0.717, 1.165) is 16.8 Å². The van der Waals surface area contributed by atoms with Crippen LogP contribution in [0.1, 0.15) is 23.6 Å². The van der Waals surface area contributed by atoms with E-state index in [1.807, 2.05) is 0 Å². The second-order valence-corrected chi connectivity index (χ2v) is 8.13. The molecule has 160 valence electrons. The maximum atomic E-state index is 12.0. The molecule has 0 aliphatic rings. The average Bonchev–Trinajstić information content (AvgIpc) is 3.19. The van der Waals surface area contributed by atoms with Crippen LogP contribution in [-0.2, 0) is 17.1 Å². The quantitative estimate of drug-likeness (QED) is 0.483. The average molecular weight is 447 g/mol. The predicted octanol–water partition coefficient (Wildman–Crippen LogP) is 3.14. The number of nitrogens with one attached hydrogen (secondary N) is 1. The van der Waals surface area contributed by atoms with Gasteiger partial charge in [0.15, 0.2) is 0 Å². The first kappa shape index (κ1) is 12.4. The number of nitrogens with zero attached hydrogens (tertiary/aromatic N) is 5. The number of rotatable bonds is 5. The van der Waals surface area contributed by atoms with Gasteiger partial charge >= 0.3 is 0 Å². The smallest absolute Gasteiger partial charge is 0.238 e. The Bertz CT molecular complexity index is 1750. The summed E-state index contributed by atoms with van der Waals surface area (Å²) in [4.78, 5) is 9.16. The van der Waals surface area contributed by atoms with E-state index in [1.54, 1.807) is 0 Å². The molecule has 0 amide bonds. The highest BCUT2D eigenvalue weighted by Gasteiger charge is 2.14. The van der Waals surface area contributed by atoms with Crippen LogP contribution in [0.2, 0.25) is 0 Å². The number of hydrogen-bond donors (Lipinski definition) is 2. The number of aryl methyl sites for hydroxylation is 3. The fourth-order valence-electron chi connectivity index (χ4n) is 2.84. The van der Waals surface area contributed by atoms with Crippen molar-refractivity contribution in [1.29, 1.82) is 0 Å². The monoisotopic (exact) mass is 446 g/mol. The van der Waals surface area contributed by atoms with E-state index in [1.165, 1.54) is 37.3 Å². The van der Waals surface area contributed by atoms with E-state index >= 15 is 0 Å². The lowest BCUT2D eigenvalue weighted by Crippen LogP contribution is -2.14. The fourth-order valence-corrected chi connectivity index (χ4v) is 3.50. The van der Waals surface area contributed by atoms with Crippen LogP contribution in [0.5, 0.6) is 0 Å². The van der Waals surface area contributed by atoms with Gasteiger partial charge in [0.1, 0.15) is 5.82 Å². The Kier molecular flexibility index (Phi) is 3.05. The second-order valence-electron chi connectivity index (χ2n) is 6.60. The topological polar surface area (TPSA) is 119 Å². The Balaban J connectivity index is 1.76. The van der Waals surface area contributed by atoms with Gasteiger partial charge in [0, 0.05) is 51.0 Å². The molecule has 9 nitrogen and oxygen atoms in total. The van der Waals surface area contributed by atoms with E-state index in [4.69, 9.17) is 17.5 Å². The number of nitrogens with two attached hydrogens (primary N) is 1. The molecule has 2 aromatic carbocycles. The van der Waals surface area contributed by atoms with Crippen LogP contribution in [0.4, 0.5) is 23.1 Å². The third-order valence-electron chi connectivity index (χ3n) is 4.45. The van der Waals surface area contributed by atoms with Crippen molar-refractivity contribution < 1.29 is 20.8 Å². The van der Waals surface area contributed by atoms with Crippen molar-refractivity contribution in [3.63, 3.8) is 0 Å². The molecule has 0 atom stereocenters. The number of anilines is 4. The number of aromatic nitrogens is 4. The van der Waals surface area contributed by atoms with Crippen LogP contribution in [-0.4, -0.2) is 35.2 Å². The van der Waals surface area contributed by atoms with Gasteiger partial charge in [0.2, 0.25) is 16.0 Å². The Morgan fingerprint density at radius 1 is 1.26 bits per heavy atom. The summed E-state index contributed by atoms with van der Waals surface area (Å²) in [6, 6.07) is 3.83. The molecular formula is C21H23N7O2S. The lowest BCUT2D eigenvalue weighted by atomic mass is 10.2. The van der Waals surface area contributed by atoms with Gasteiger partial charge in [-0.15, -0.1) is 0 Å². The molecule has 2 aromatic heterocycles. The summed E-state index contributed by atoms with van der Waals surface area (Å²) in [5, 5.41) is 12.0. The van der Waals surface area contributed by atoms with Crippen molar-refractivity contribution in [2.75, 3.05) is 17.3 Å². The largest absolute Gasteiger partial charge is 0.329 e. The Labute approximate surface area is 193 Å². The SMILES string of the molecule is [2H]c1c(N(C)c2ccnc(Nc3ccc(C([2H])([2H])[2H])c(S(N)(=O)=O)c3)n2)c([2H])c2nn(C)c(C([2H])([2H])[2H])c2c1[2H]. The van der Waals surface area contributed by atoms with E-state index in [2.05, 4.69) is 20.4 Å². The molecule has 31 heavy (non-hydrogen) atoms. The molecule has 10 heteroatoms. The minimum atomic E-state index is -4.38. The van der Waals surface area contributed by atoms with Gasteiger partial charge in [-0.05, 0) is 55.6 Å². The van der Waals surface area contributed by atoms with Gasteiger partial charge in [-0.2, -0.15) is 10.1 Å². The summed E-state index contributed by atoms with van der Waals surface area (Å²) in [6.45, 7) is -5.35. The van der Waals surface area contributed by atoms with E-state index in [0.29, 0.717) is 0 Å². The van der Waals surface area contributed by atoms with Crippen LogP contribution >= 0.6 is 0 Å². The molecule has 4 aromatic rings. The van der Waals surface area contributed by atoms with Crippen molar-refractivity contribution in [1.82, 2.24) is 19.7 Å². The summed E-state index contributed by atoms with van der Waals surface area (Å²) in [5.41, 5.74) is -0.691. The van der Waals surface area contributed by atoms with Crippen molar-refractivity contribution >= 4 is 44.1 Å². The van der Waals surface area contributed by atoms with Crippen molar-refractivity contribution in [2.24, 2.45) is 12.2 Å². The minimum Gasteiger partial charge on any atom is -0.329 e. The van der Waals surface area contributed by atoms with Crippen molar-refractivity contribution in [2.45, 2.75) is 18.6 Å². The lowest BCUT2D eigenvalue weighted by Gasteiger charge is -2.19. The van der Waals surface area contributed by atoms with Gasteiger partial charge in [0.25, 0.3) is 0 Å². The number of fused-ring (bicyclic) bond motifs is 1. The zero-order chi connectivity index (χ0) is 29.9. The first-order chi connectivity index (χ1) is 18.3. The van der Waals surface area contributed by atoms with Crippen LogP contribution in [0.15, 0.2) is 53.5 Å². The Hall–Kier alpha value is -3.50. The lowest BCUT2D eigenvalue weighted by molar-refractivity contribution is 0.597. The van der Waals surface area contributed by atoms with E-state index in [9.17, 15) is 8.42 Å². The van der Waals surface area contributed by atoms with Gasteiger partial charge in [-0.1, -0.05) is 6.07 Å². The van der Waals surface area contributed by atoms with E-state index in [-0.39, 0.29) is 45.8 Å². The third kappa shape index (κ3) is 4.07. The molecule has 4 rings (SSSR count). The van der Waals surface area contributed by atoms with E-state index < -0.39 is 46.3 Å². The highest BCUT2D eigenvalue weighted by molar-refractivity contribution is 7.89. The van der Waals surface area contributed by atoms with Gasteiger partial charge in [0.05, 0.1) is 14.5 Å². The predicted molar refractivity (Wildman–Crippen MR) is 121 cm³/mol.